The first kappa shape index (κ1) is 9.51. The minimum absolute atomic E-state index is 0.130. The standard InChI is InChI=1S/C9H12N2O2/c1-6-4-5-8(11(12)13)9(10-3)7(6)2/h4-5,10H,1-3H3. The molecule has 1 aromatic rings. The fourth-order valence-corrected chi connectivity index (χ4v) is 1.27. The van der Waals surface area contributed by atoms with E-state index < -0.39 is 0 Å². The fourth-order valence-electron chi connectivity index (χ4n) is 1.27. The highest BCUT2D eigenvalue weighted by Gasteiger charge is 2.15. The van der Waals surface area contributed by atoms with Gasteiger partial charge in [-0.05, 0) is 25.0 Å². The van der Waals surface area contributed by atoms with Crippen LogP contribution in [0, 0.1) is 24.0 Å². The van der Waals surface area contributed by atoms with Crippen molar-refractivity contribution in [2.24, 2.45) is 0 Å². The van der Waals surface area contributed by atoms with E-state index in [1.54, 1.807) is 13.1 Å². The van der Waals surface area contributed by atoms with Crippen LogP contribution >= 0.6 is 0 Å². The normalized spacial score (nSPS) is 9.77. The Morgan fingerprint density at radius 1 is 1.38 bits per heavy atom. The molecule has 1 rings (SSSR count). The highest BCUT2D eigenvalue weighted by Crippen LogP contribution is 2.29. The third-order valence-electron chi connectivity index (χ3n) is 2.16. The van der Waals surface area contributed by atoms with Gasteiger partial charge in [0.1, 0.15) is 5.69 Å². The highest BCUT2D eigenvalue weighted by atomic mass is 16.6. The Hall–Kier alpha value is -1.58. The van der Waals surface area contributed by atoms with Gasteiger partial charge in [0.25, 0.3) is 5.69 Å². The van der Waals surface area contributed by atoms with Crippen molar-refractivity contribution in [2.75, 3.05) is 12.4 Å². The lowest BCUT2D eigenvalue weighted by Crippen LogP contribution is -2.00. The first-order chi connectivity index (χ1) is 6.07. The van der Waals surface area contributed by atoms with E-state index in [2.05, 4.69) is 5.32 Å². The SMILES string of the molecule is CNc1c([N+](=O)[O-])ccc(C)c1C. The van der Waals surface area contributed by atoms with Crippen molar-refractivity contribution in [3.05, 3.63) is 33.4 Å². The summed E-state index contributed by atoms with van der Waals surface area (Å²) in [5.74, 6) is 0. The maximum atomic E-state index is 10.6. The van der Waals surface area contributed by atoms with Crippen LogP contribution in [0.4, 0.5) is 11.4 Å². The van der Waals surface area contributed by atoms with Crippen molar-refractivity contribution >= 4 is 11.4 Å². The third kappa shape index (κ3) is 1.61. The summed E-state index contributed by atoms with van der Waals surface area (Å²) in [7, 11) is 1.69. The molecule has 0 fully saturated rings. The van der Waals surface area contributed by atoms with Gasteiger partial charge in [-0.3, -0.25) is 10.1 Å². The van der Waals surface area contributed by atoms with E-state index in [0.717, 1.165) is 11.1 Å². The predicted octanol–water partition coefficient (Wildman–Crippen LogP) is 2.25. The molecule has 13 heavy (non-hydrogen) atoms. The summed E-state index contributed by atoms with van der Waals surface area (Å²) in [5.41, 5.74) is 2.71. The van der Waals surface area contributed by atoms with E-state index in [4.69, 9.17) is 0 Å². The minimum Gasteiger partial charge on any atom is -0.382 e. The van der Waals surface area contributed by atoms with Crippen LogP contribution in [-0.2, 0) is 0 Å². The summed E-state index contributed by atoms with van der Waals surface area (Å²) in [6, 6.07) is 3.28. The second-order valence-electron chi connectivity index (χ2n) is 2.91. The number of nitro benzene ring substituents is 1. The third-order valence-corrected chi connectivity index (χ3v) is 2.16. The molecule has 0 radical (unpaired) electrons. The van der Waals surface area contributed by atoms with E-state index in [1.807, 2.05) is 13.8 Å². The Morgan fingerprint density at radius 3 is 2.46 bits per heavy atom. The van der Waals surface area contributed by atoms with E-state index in [-0.39, 0.29) is 10.6 Å². The highest BCUT2D eigenvalue weighted by molar-refractivity contribution is 5.67. The molecule has 0 aromatic heterocycles. The van der Waals surface area contributed by atoms with Crippen LogP contribution in [0.15, 0.2) is 12.1 Å². The summed E-state index contributed by atoms with van der Waals surface area (Å²) in [6.07, 6.45) is 0. The summed E-state index contributed by atoms with van der Waals surface area (Å²) in [5, 5.41) is 13.5. The second kappa shape index (κ2) is 3.43. The lowest BCUT2D eigenvalue weighted by Gasteiger charge is -2.07. The van der Waals surface area contributed by atoms with Crippen LogP contribution in [0.5, 0.6) is 0 Å². The average Bonchev–Trinajstić information content (AvgIpc) is 2.09. The van der Waals surface area contributed by atoms with Gasteiger partial charge in [0.2, 0.25) is 0 Å². The first-order valence-electron chi connectivity index (χ1n) is 4.00. The smallest absolute Gasteiger partial charge is 0.292 e. The number of benzene rings is 1. The summed E-state index contributed by atoms with van der Waals surface area (Å²) in [4.78, 5) is 10.2. The average molecular weight is 180 g/mol. The van der Waals surface area contributed by atoms with Gasteiger partial charge in [-0.1, -0.05) is 6.07 Å². The number of nitrogens with zero attached hydrogens (tertiary/aromatic N) is 1. The van der Waals surface area contributed by atoms with E-state index in [9.17, 15) is 10.1 Å². The Labute approximate surface area is 76.7 Å². The van der Waals surface area contributed by atoms with Gasteiger partial charge in [0.05, 0.1) is 4.92 Å². The Bertz CT molecular complexity index is 348. The van der Waals surface area contributed by atoms with E-state index in [0.29, 0.717) is 5.69 Å². The lowest BCUT2D eigenvalue weighted by atomic mass is 10.1. The van der Waals surface area contributed by atoms with Crippen LogP contribution in [0.1, 0.15) is 11.1 Å². The van der Waals surface area contributed by atoms with Crippen LogP contribution in [-0.4, -0.2) is 12.0 Å². The monoisotopic (exact) mass is 180 g/mol. The number of aryl methyl sites for hydroxylation is 1. The molecule has 4 heteroatoms. The van der Waals surface area contributed by atoms with Gasteiger partial charge in [-0.25, -0.2) is 0 Å². The van der Waals surface area contributed by atoms with E-state index >= 15 is 0 Å². The molecule has 1 N–H and O–H groups in total. The number of hydrogen-bond acceptors (Lipinski definition) is 3. The Morgan fingerprint density at radius 2 is 2.00 bits per heavy atom. The molecule has 0 aliphatic heterocycles. The van der Waals surface area contributed by atoms with Crippen molar-refractivity contribution in [1.82, 2.24) is 0 Å². The number of nitro groups is 1. The molecule has 0 atom stereocenters. The number of nitrogens with one attached hydrogen (secondary N) is 1. The summed E-state index contributed by atoms with van der Waals surface area (Å²) < 4.78 is 0. The van der Waals surface area contributed by atoms with Gasteiger partial charge in [0.15, 0.2) is 0 Å². The molecular formula is C9H12N2O2. The van der Waals surface area contributed by atoms with Crippen molar-refractivity contribution in [3.8, 4) is 0 Å². The first-order valence-corrected chi connectivity index (χ1v) is 4.00. The Balaban J connectivity index is 3.38. The quantitative estimate of drug-likeness (QED) is 0.561. The molecule has 70 valence electrons. The molecule has 4 nitrogen and oxygen atoms in total. The van der Waals surface area contributed by atoms with Crippen LogP contribution in [0.2, 0.25) is 0 Å². The molecule has 0 amide bonds. The van der Waals surface area contributed by atoms with Crippen LogP contribution < -0.4 is 5.32 Å². The number of rotatable bonds is 2. The molecule has 0 saturated carbocycles. The predicted molar refractivity (Wildman–Crippen MR) is 52.1 cm³/mol. The molecule has 0 unspecified atom stereocenters. The molecule has 0 spiro atoms. The fraction of sp³-hybridized carbons (Fsp3) is 0.333. The zero-order chi connectivity index (χ0) is 10.0. The molecule has 1 aromatic carbocycles. The molecule has 0 aliphatic rings. The largest absolute Gasteiger partial charge is 0.382 e. The molecule has 0 heterocycles. The van der Waals surface area contributed by atoms with Gasteiger partial charge in [-0.15, -0.1) is 0 Å². The summed E-state index contributed by atoms with van der Waals surface area (Å²) >= 11 is 0. The molecular weight excluding hydrogens is 168 g/mol. The van der Waals surface area contributed by atoms with Crippen LogP contribution in [0.3, 0.4) is 0 Å². The second-order valence-corrected chi connectivity index (χ2v) is 2.91. The zero-order valence-corrected chi connectivity index (χ0v) is 7.92. The lowest BCUT2D eigenvalue weighted by molar-refractivity contribution is -0.384. The molecule has 0 aliphatic carbocycles. The van der Waals surface area contributed by atoms with Crippen molar-refractivity contribution < 1.29 is 4.92 Å². The van der Waals surface area contributed by atoms with Gasteiger partial charge in [-0.2, -0.15) is 0 Å². The van der Waals surface area contributed by atoms with Gasteiger partial charge >= 0.3 is 0 Å². The zero-order valence-electron chi connectivity index (χ0n) is 7.92. The van der Waals surface area contributed by atoms with Crippen LogP contribution in [0.25, 0.3) is 0 Å². The van der Waals surface area contributed by atoms with Gasteiger partial charge < -0.3 is 5.32 Å². The van der Waals surface area contributed by atoms with Crippen molar-refractivity contribution in [3.63, 3.8) is 0 Å². The molecule has 0 saturated heterocycles. The van der Waals surface area contributed by atoms with Crippen molar-refractivity contribution in [2.45, 2.75) is 13.8 Å². The minimum atomic E-state index is -0.377. The number of anilines is 1. The maximum absolute atomic E-state index is 10.6. The summed E-state index contributed by atoms with van der Waals surface area (Å²) in [6.45, 7) is 3.80. The van der Waals surface area contributed by atoms with E-state index in [1.165, 1.54) is 6.07 Å². The van der Waals surface area contributed by atoms with Gasteiger partial charge in [0, 0.05) is 13.1 Å². The Kier molecular flexibility index (Phi) is 2.51. The van der Waals surface area contributed by atoms with Crippen molar-refractivity contribution in [1.29, 1.82) is 0 Å². The maximum Gasteiger partial charge on any atom is 0.292 e. The molecule has 0 bridgehead atoms. The topological polar surface area (TPSA) is 55.2 Å². The number of hydrogen-bond donors (Lipinski definition) is 1.